The number of nitrogens with zero attached hydrogens (tertiary/aromatic N) is 1. The molecular weight excluding hydrogens is 382 g/mol. The van der Waals surface area contributed by atoms with Gasteiger partial charge in [-0.25, -0.2) is 0 Å². The zero-order chi connectivity index (χ0) is 20.8. The Labute approximate surface area is 175 Å². The number of benzene rings is 2. The number of carbonyl (C=O) groups excluding carboxylic acids is 1. The van der Waals surface area contributed by atoms with E-state index in [4.69, 9.17) is 4.74 Å². The molecular formula is C23H23N3O2S. The van der Waals surface area contributed by atoms with Gasteiger partial charge in [-0.05, 0) is 30.4 Å². The van der Waals surface area contributed by atoms with Crippen molar-refractivity contribution in [2.75, 3.05) is 18.2 Å². The van der Waals surface area contributed by atoms with Gasteiger partial charge in [0.2, 0.25) is 0 Å². The normalized spacial score (nSPS) is 16.1. The molecule has 5 nitrogen and oxygen atoms in total. The highest BCUT2D eigenvalue weighted by molar-refractivity contribution is 8.03. The molecule has 0 radical (unpaired) electrons. The van der Waals surface area contributed by atoms with E-state index >= 15 is 0 Å². The summed E-state index contributed by atoms with van der Waals surface area (Å²) in [6.07, 6.45) is 0. The third-order valence-electron chi connectivity index (χ3n) is 4.67. The molecule has 0 aromatic heterocycles. The molecule has 0 aliphatic carbocycles. The minimum atomic E-state index is -0.439. The average molecular weight is 406 g/mol. The van der Waals surface area contributed by atoms with Crippen molar-refractivity contribution in [3.8, 4) is 11.8 Å². The number of allylic oxidation sites excluding steroid dienone is 2. The molecule has 0 fully saturated rings. The van der Waals surface area contributed by atoms with E-state index < -0.39 is 5.92 Å². The van der Waals surface area contributed by atoms with Crippen molar-refractivity contribution < 1.29 is 9.53 Å². The van der Waals surface area contributed by atoms with Crippen LogP contribution in [0.1, 0.15) is 25.3 Å². The maximum atomic E-state index is 13.4. The molecule has 0 saturated heterocycles. The van der Waals surface area contributed by atoms with Crippen LogP contribution < -0.4 is 15.4 Å². The molecule has 6 heteroatoms. The molecule has 1 atom stereocenters. The van der Waals surface area contributed by atoms with Crippen molar-refractivity contribution in [1.82, 2.24) is 5.32 Å². The topological polar surface area (TPSA) is 74.2 Å². The monoisotopic (exact) mass is 405 g/mol. The first-order chi connectivity index (χ1) is 14.1. The number of nitrogens with one attached hydrogen (secondary N) is 2. The van der Waals surface area contributed by atoms with E-state index in [1.807, 2.05) is 56.3 Å². The molecule has 29 heavy (non-hydrogen) atoms. The third-order valence-corrected chi connectivity index (χ3v) is 5.57. The summed E-state index contributed by atoms with van der Waals surface area (Å²) >= 11 is 1.57. The molecule has 0 saturated carbocycles. The van der Waals surface area contributed by atoms with Gasteiger partial charge in [-0.15, -0.1) is 11.8 Å². The zero-order valence-electron chi connectivity index (χ0n) is 16.7. The standard InChI is InChI=1S/C23H23N3O2S/c1-4-29-23-17(14-24)21(16-10-6-5-7-11-16)20(15(2)25-23)22(27)26-18-12-8-9-13-19(18)28-3/h5-13,21,25H,4H2,1-3H3,(H,26,27)/t21-/m0/s1. The molecule has 1 aliphatic heterocycles. The SMILES string of the molecule is CCSC1=C(C#N)[C@H](c2ccccc2)C(C(=O)Nc2ccccc2OC)=C(C)N1. The first-order valence-corrected chi connectivity index (χ1v) is 10.3. The lowest BCUT2D eigenvalue weighted by Gasteiger charge is -2.30. The Morgan fingerprint density at radius 3 is 2.55 bits per heavy atom. The summed E-state index contributed by atoms with van der Waals surface area (Å²) in [5.74, 6) is 0.704. The number of anilines is 1. The minimum absolute atomic E-state index is 0.262. The van der Waals surface area contributed by atoms with Crippen molar-refractivity contribution >= 4 is 23.4 Å². The van der Waals surface area contributed by atoms with Gasteiger partial charge in [0.15, 0.2) is 0 Å². The quantitative estimate of drug-likeness (QED) is 0.723. The van der Waals surface area contributed by atoms with Crippen LogP contribution in [0.25, 0.3) is 0 Å². The summed E-state index contributed by atoms with van der Waals surface area (Å²) in [4.78, 5) is 13.4. The molecule has 1 amide bonds. The lowest BCUT2D eigenvalue weighted by molar-refractivity contribution is -0.113. The second kappa shape index (κ2) is 9.35. The van der Waals surface area contributed by atoms with Crippen molar-refractivity contribution in [1.29, 1.82) is 5.26 Å². The van der Waals surface area contributed by atoms with Gasteiger partial charge in [-0.2, -0.15) is 5.26 Å². The van der Waals surface area contributed by atoms with Crippen LogP contribution in [0.3, 0.4) is 0 Å². The second-order valence-electron chi connectivity index (χ2n) is 6.45. The number of para-hydroxylation sites is 2. The van der Waals surface area contributed by atoms with Crippen LogP contribution in [-0.2, 0) is 4.79 Å². The average Bonchev–Trinajstić information content (AvgIpc) is 2.74. The fourth-order valence-corrected chi connectivity index (χ4v) is 4.22. The predicted octanol–water partition coefficient (Wildman–Crippen LogP) is 4.78. The summed E-state index contributed by atoms with van der Waals surface area (Å²) in [5.41, 5.74) is 3.31. The Hall–Kier alpha value is -3.17. The van der Waals surface area contributed by atoms with Gasteiger partial charge >= 0.3 is 0 Å². The number of methoxy groups -OCH3 is 1. The number of amides is 1. The highest BCUT2D eigenvalue weighted by atomic mass is 32.2. The summed E-state index contributed by atoms with van der Waals surface area (Å²) in [7, 11) is 1.56. The van der Waals surface area contributed by atoms with Gasteiger partial charge in [0.05, 0.1) is 35.4 Å². The van der Waals surface area contributed by atoms with Crippen LogP contribution in [0.4, 0.5) is 5.69 Å². The number of carbonyl (C=O) groups is 1. The molecule has 2 aromatic carbocycles. The summed E-state index contributed by atoms with van der Waals surface area (Å²) in [6.45, 7) is 3.91. The Morgan fingerprint density at radius 1 is 1.21 bits per heavy atom. The van der Waals surface area contributed by atoms with Crippen molar-refractivity contribution in [3.05, 3.63) is 82.0 Å². The molecule has 3 rings (SSSR count). The van der Waals surface area contributed by atoms with Gasteiger partial charge in [-0.1, -0.05) is 49.4 Å². The van der Waals surface area contributed by atoms with Crippen molar-refractivity contribution in [2.45, 2.75) is 19.8 Å². The summed E-state index contributed by atoms with van der Waals surface area (Å²) in [6, 6.07) is 19.3. The second-order valence-corrected chi connectivity index (χ2v) is 7.72. The lowest BCUT2D eigenvalue weighted by atomic mass is 9.82. The van der Waals surface area contributed by atoms with E-state index in [9.17, 15) is 10.1 Å². The first kappa shape index (κ1) is 20.6. The van der Waals surface area contributed by atoms with Gasteiger partial charge in [-0.3, -0.25) is 4.79 Å². The van der Waals surface area contributed by atoms with E-state index in [0.717, 1.165) is 22.0 Å². The molecule has 2 aromatic rings. The fourth-order valence-electron chi connectivity index (χ4n) is 3.39. The molecule has 1 aliphatic rings. The molecule has 148 valence electrons. The number of hydrogen-bond donors (Lipinski definition) is 2. The predicted molar refractivity (Wildman–Crippen MR) is 117 cm³/mol. The van der Waals surface area contributed by atoms with E-state index in [-0.39, 0.29) is 5.91 Å². The zero-order valence-corrected chi connectivity index (χ0v) is 17.5. The smallest absolute Gasteiger partial charge is 0.254 e. The highest BCUT2D eigenvalue weighted by Gasteiger charge is 2.34. The third kappa shape index (κ3) is 4.30. The molecule has 0 unspecified atom stereocenters. The lowest BCUT2D eigenvalue weighted by Crippen LogP contribution is -2.30. The highest BCUT2D eigenvalue weighted by Crippen LogP contribution is 2.41. The molecule has 0 bridgehead atoms. The Balaban J connectivity index is 2.06. The van der Waals surface area contributed by atoms with Gasteiger partial charge in [0.1, 0.15) is 5.75 Å². The van der Waals surface area contributed by atoms with Crippen LogP contribution in [-0.4, -0.2) is 18.8 Å². The van der Waals surface area contributed by atoms with Crippen molar-refractivity contribution in [2.24, 2.45) is 0 Å². The largest absolute Gasteiger partial charge is 0.495 e. The van der Waals surface area contributed by atoms with Crippen LogP contribution in [0.15, 0.2) is 76.5 Å². The van der Waals surface area contributed by atoms with Crippen LogP contribution in [0, 0.1) is 11.3 Å². The van der Waals surface area contributed by atoms with E-state index in [0.29, 0.717) is 22.6 Å². The van der Waals surface area contributed by atoms with E-state index in [2.05, 4.69) is 16.7 Å². The maximum Gasteiger partial charge on any atom is 0.254 e. The van der Waals surface area contributed by atoms with E-state index in [1.54, 1.807) is 31.0 Å². The summed E-state index contributed by atoms with van der Waals surface area (Å²) < 4.78 is 5.35. The van der Waals surface area contributed by atoms with Crippen LogP contribution in [0.5, 0.6) is 5.75 Å². The number of dihydropyridines is 1. The number of ether oxygens (including phenoxy) is 1. The number of nitriles is 1. The van der Waals surface area contributed by atoms with Gasteiger partial charge in [0.25, 0.3) is 5.91 Å². The van der Waals surface area contributed by atoms with Crippen LogP contribution in [0.2, 0.25) is 0 Å². The van der Waals surface area contributed by atoms with Crippen LogP contribution >= 0.6 is 11.8 Å². The maximum absolute atomic E-state index is 13.4. The number of hydrogen-bond acceptors (Lipinski definition) is 5. The van der Waals surface area contributed by atoms with Gasteiger partial charge < -0.3 is 15.4 Å². The molecule has 1 heterocycles. The van der Waals surface area contributed by atoms with Gasteiger partial charge in [0, 0.05) is 11.3 Å². The molecule has 2 N–H and O–H groups in total. The summed E-state index contributed by atoms with van der Waals surface area (Å²) in [5, 5.41) is 17.0. The Morgan fingerprint density at radius 2 is 1.90 bits per heavy atom. The Bertz CT molecular complexity index is 1010. The minimum Gasteiger partial charge on any atom is -0.495 e. The number of rotatable bonds is 6. The molecule has 0 spiro atoms. The van der Waals surface area contributed by atoms with Crippen molar-refractivity contribution in [3.63, 3.8) is 0 Å². The number of thioether (sulfide) groups is 1. The van der Waals surface area contributed by atoms with E-state index in [1.165, 1.54) is 0 Å². The fraction of sp³-hybridized carbons (Fsp3) is 0.217. The first-order valence-electron chi connectivity index (χ1n) is 9.34. The Kier molecular flexibility index (Phi) is 6.63.